The predicted molar refractivity (Wildman–Crippen MR) is 116 cm³/mol. The zero-order chi connectivity index (χ0) is 21.3. The van der Waals surface area contributed by atoms with Crippen molar-refractivity contribution in [2.75, 3.05) is 19.0 Å². The van der Waals surface area contributed by atoms with Crippen LogP contribution in [0.15, 0.2) is 46.2 Å². The summed E-state index contributed by atoms with van der Waals surface area (Å²) in [6.45, 7) is 2.12. The highest BCUT2D eigenvalue weighted by molar-refractivity contribution is 7.09. The second-order valence-electron chi connectivity index (χ2n) is 6.79. The van der Waals surface area contributed by atoms with Crippen molar-refractivity contribution < 1.29 is 18.7 Å². The number of nitrogens with one attached hydrogen (secondary N) is 2. The monoisotopic (exact) mass is 427 g/mol. The quantitative estimate of drug-likeness (QED) is 0.511. The zero-order valence-corrected chi connectivity index (χ0v) is 17.9. The number of ether oxygens (including phenoxy) is 1. The van der Waals surface area contributed by atoms with E-state index in [1.807, 2.05) is 30.5 Å². The third-order valence-electron chi connectivity index (χ3n) is 4.42. The number of hydrogen-bond acceptors (Lipinski definition) is 6. The lowest BCUT2D eigenvalue weighted by molar-refractivity contribution is -0.121. The van der Waals surface area contributed by atoms with Crippen molar-refractivity contribution in [1.82, 2.24) is 10.3 Å². The number of amides is 2. The number of nitrogens with zero attached hydrogens (tertiary/aromatic N) is 1. The van der Waals surface area contributed by atoms with Crippen LogP contribution in [0.1, 0.15) is 29.2 Å². The largest absolute Gasteiger partial charge is 0.441 e. The summed E-state index contributed by atoms with van der Waals surface area (Å²) in [7, 11) is 1.47. The average molecular weight is 428 g/mol. The van der Waals surface area contributed by atoms with E-state index in [0.717, 1.165) is 18.4 Å². The molecule has 0 aliphatic heterocycles. The number of thiophene rings is 1. The van der Waals surface area contributed by atoms with Crippen LogP contribution in [0.25, 0.3) is 11.5 Å². The molecule has 30 heavy (non-hydrogen) atoms. The molecule has 3 aromatic rings. The number of hydrogen-bond donors (Lipinski definition) is 2. The van der Waals surface area contributed by atoms with Gasteiger partial charge in [-0.3, -0.25) is 9.59 Å². The molecule has 0 atom stereocenters. The van der Waals surface area contributed by atoms with Crippen molar-refractivity contribution >= 4 is 28.8 Å². The van der Waals surface area contributed by atoms with E-state index in [9.17, 15) is 9.59 Å². The van der Waals surface area contributed by atoms with Gasteiger partial charge in [0, 0.05) is 29.7 Å². The molecular formula is C22H25N3O4S. The molecule has 2 N–H and O–H groups in total. The van der Waals surface area contributed by atoms with Gasteiger partial charge in [0.1, 0.15) is 18.1 Å². The second kappa shape index (κ2) is 10.7. The number of methoxy groups -OCH3 is 1. The Balaban J connectivity index is 1.54. The van der Waals surface area contributed by atoms with Gasteiger partial charge in [-0.15, -0.1) is 11.3 Å². The van der Waals surface area contributed by atoms with Gasteiger partial charge in [0.25, 0.3) is 0 Å². The van der Waals surface area contributed by atoms with Crippen LogP contribution in [0.5, 0.6) is 0 Å². The molecule has 158 valence electrons. The molecule has 0 fully saturated rings. The second-order valence-corrected chi connectivity index (χ2v) is 7.83. The highest BCUT2D eigenvalue weighted by Gasteiger charge is 2.13. The number of rotatable bonds is 10. The fourth-order valence-electron chi connectivity index (χ4n) is 2.92. The lowest BCUT2D eigenvalue weighted by Gasteiger charge is -2.05. The minimum Gasteiger partial charge on any atom is -0.441 e. The van der Waals surface area contributed by atoms with Gasteiger partial charge in [-0.1, -0.05) is 12.1 Å². The van der Waals surface area contributed by atoms with Gasteiger partial charge in [-0.2, -0.15) is 0 Å². The number of aryl methyl sites for hydroxylation is 2. The Hall–Kier alpha value is -2.97. The van der Waals surface area contributed by atoms with Crippen molar-refractivity contribution in [2.24, 2.45) is 0 Å². The molecule has 7 nitrogen and oxygen atoms in total. The highest BCUT2D eigenvalue weighted by atomic mass is 32.1. The van der Waals surface area contributed by atoms with Crippen LogP contribution < -0.4 is 10.6 Å². The van der Waals surface area contributed by atoms with E-state index in [1.54, 1.807) is 23.5 Å². The normalized spacial score (nSPS) is 10.7. The van der Waals surface area contributed by atoms with Gasteiger partial charge < -0.3 is 19.8 Å². The van der Waals surface area contributed by atoms with E-state index in [0.29, 0.717) is 36.0 Å². The SMILES string of the molecule is COCC(=O)Nc1cccc(-c2nc(CNC(=O)CCCc3cccs3)c(C)o2)c1. The molecule has 0 aliphatic carbocycles. The standard InChI is InChI=1S/C22H25N3O4S/c1-15-19(13-23-20(26)10-4-8-18-9-5-11-30-18)25-22(29-15)16-6-3-7-17(12-16)24-21(27)14-28-2/h3,5-7,9,11-12H,4,8,10,13-14H2,1-2H3,(H,23,26)(H,24,27). The van der Waals surface area contributed by atoms with Gasteiger partial charge in [-0.25, -0.2) is 4.98 Å². The Bertz CT molecular complexity index is 982. The third kappa shape index (κ3) is 6.27. The van der Waals surface area contributed by atoms with Gasteiger partial charge in [0.2, 0.25) is 17.7 Å². The summed E-state index contributed by atoms with van der Waals surface area (Å²) >= 11 is 1.71. The number of carbonyl (C=O) groups excluding carboxylic acids is 2. The third-order valence-corrected chi connectivity index (χ3v) is 5.36. The van der Waals surface area contributed by atoms with Crippen LogP contribution in [0.4, 0.5) is 5.69 Å². The van der Waals surface area contributed by atoms with Crippen LogP contribution in [0.2, 0.25) is 0 Å². The molecule has 0 bridgehead atoms. The molecule has 2 aromatic heterocycles. The highest BCUT2D eigenvalue weighted by Crippen LogP contribution is 2.24. The van der Waals surface area contributed by atoms with Crippen molar-refractivity contribution in [3.8, 4) is 11.5 Å². The van der Waals surface area contributed by atoms with Gasteiger partial charge in [0.15, 0.2) is 0 Å². The van der Waals surface area contributed by atoms with Crippen LogP contribution in [0.3, 0.4) is 0 Å². The number of carbonyl (C=O) groups is 2. The molecule has 0 radical (unpaired) electrons. The van der Waals surface area contributed by atoms with Crippen LogP contribution in [-0.4, -0.2) is 30.5 Å². The summed E-state index contributed by atoms with van der Waals surface area (Å²) in [5.74, 6) is 0.856. The molecular weight excluding hydrogens is 402 g/mol. The summed E-state index contributed by atoms with van der Waals surface area (Å²) in [5.41, 5.74) is 2.05. The topological polar surface area (TPSA) is 93.5 Å². The Labute approximate surface area is 179 Å². The number of aromatic nitrogens is 1. The van der Waals surface area contributed by atoms with E-state index in [1.165, 1.54) is 12.0 Å². The molecule has 0 aliphatic rings. The van der Waals surface area contributed by atoms with Gasteiger partial charge >= 0.3 is 0 Å². The first-order valence-electron chi connectivity index (χ1n) is 9.69. The lowest BCUT2D eigenvalue weighted by atomic mass is 10.2. The Morgan fingerprint density at radius 3 is 2.83 bits per heavy atom. The summed E-state index contributed by atoms with van der Waals surface area (Å²) in [4.78, 5) is 29.6. The van der Waals surface area contributed by atoms with Gasteiger partial charge in [0.05, 0.1) is 6.54 Å². The van der Waals surface area contributed by atoms with E-state index < -0.39 is 0 Å². The first kappa shape index (κ1) is 21.7. The fraction of sp³-hybridized carbons (Fsp3) is 0.318. The van der Waals surface area contributed by atoms with E-state index in [2.05, 4.69) is 21.7 Å². The molecule has 0 saturated carbocycles. The smallest absolute Gasteiger partial charge is 0.250 e. The molecule has 0 spiro atoms. The number of benzene rings is 1. The van der Waals surface area contributed by atoms with E-state index in [-0.39, 0.29) is 18.4 Å². The molecule has 2 amide bonds. The van der Waals surface area contributed by atoms with Crippen molar-refractivity contribution in [3.05, 3.63) is 58.1 Å². The summed E-state index contributed by atoms with van der Waals surface area (Å²) in [6, 6.07) is 11.3. The number of anilines is 1. The fourth-order valence-corrected chi connectivity index (χ4v) is 3.67. The Kier molecular flexibility index (Phi) is 7.75. The van der Waals surface area contributed by atoms with Crippen LogP contribution in [0, 0.1) is 6.92 Å². The summed E-state index contributed by atoms with van der Waals surface area (Å²) < 4.78 is 10.6. The molecule has 0 saturated heterocycles. The minimum atomic E-state index is -0.235. The molecule has 2 heterocycles. The zero-order valence-electron chi connectivity index (χ0n) is 17.1. The van der Waals surface area contributed by atoms with E-state index in [4.69, 9.17) is 9.15 Å². The first-order chi connectivity index (χ1) is 14.5. The maximum Gasteiger partial charge on any atom is 0.250 e. The van der Waals surface area contributed by atoms with Crippen molar-refractivity contribution in [1.29, 1.82) is 0 Å². The lowest BCUT2D eigenvalue weighted by Crippen LogP contribution is -2.23. The summed E-state index contributed by atoms with van der Waals surface area (Å²) in [6.07, 6.45) is 2.21. The maximum atomic E-state index is 12.1. The van der Waals surface area contributed by atoms with Crippen molar-refractivity contribution in [2.45, 2.75) is 32.7 Å². The van der Waals surface area contributed by atoms with Crippen LogP contribution >= 0.6 is 11.3 Å². The Morgan fingerprint density at radius 1 is 1.20 bits per heavy atom. The van der Waals surface area contributed by atoms with Crippen molar-refractivity contribution in [3.63, 3.8) is 0 Å². The van der Waals surface area contributed by atoms with Crippen LogP contribution in [-0.2, 0) is 27.3 Å². The summed E-state index contributed by atoms with van der Waals surface area (Å²) in [5, 5.41) is 7.71. The maximum absolute atomic E-state index is 12.1. The predicted octanol–water partition coefficient (Wildman–Crippen LogP) is 3.94. The minimum absolute atomic E-state index is 0.00152. The Morgan fingerprint density at radius 2 is 2.07 bits per heavy atom. The molecule has 8 heteroatoms. The molecule has 1 aromatic carbocycles. The molecule has 0 unspecified atom stereocenters. The number of oxazole rings is 1. The first-order valence-corrected chi connectivity index (χ1v) is 10.6. The molecule has 3 rings (SSSR count). The average Bonchev–Trinajstić information content (AvgIpc) is 3.36. The van der Waals surface area contributed by atoms with Gasteiger partial charge in [-0.05, 0) is 49.4 Å². The van der Waals surface area contributed by atoms with E-state index >= 15 is 0 Å².